The monoisotopic (exact) mass is 359 g/mol. The summed E-state index contributed by atoms with van der Waals surface area (Å²) in [5.74, 6) is 1.91. The maximum absolute atomic E-state index is 12.0. The van der Waals surface area contributed by atoms with Gasteiger partial charge >= 0.3 is 0 Å². The van der Waals surface area contributed by atoms with Crippen LogP contribution in [0.2, 0.25) is 0 Å². The molecule has 6 heteroatoms. The van der Waals surface area contributed by atoms with Gasteiger partial charge in [0.15, 0.2) is 6.61 Å². The lowest BCUT2D eigenvalue weighted by Gasteiger charge is -2.17. The molecule has 140 valence electrons. The molecule has 1 amide bonds. The third kappa shape index (κ3) is 5.97. The summed E-state index contributed by atoms with van der Waals surface area (Å²) in [5.41, 5.74) is 0.930. The van der Waals surface area contributed by atoms with Crippen LogP contribution in [0.1, 0.15) is 18.6 Å². The smallest absolute Gasteiger partial charge is 0.258 e. The number of benzene rings is 2. The van der Waals surface area contributed by atoms with E-state index in [1.54, 1.807) is 38.5 Å². The van der Waals surface area contributed by atoms with E-state index in [2.05, 4.69) is 5.32 Å². The Kier molecular flexibility index (Phi) is 7.76. The summed E-state index contributed by atoms with van der Waals surface area (Å²) in [5, 5.41) is 2.82. The van der Waals surface area contributed by atoms with E-state index >= 15 is 0 Å². The Balaban J connectivity index is 1.81. The molecule has 0 bridgehead atoms. The van der Waals surface area contributed by atoms with Gasteiger partial charge in [-0.05, 0) is 48.9 Å². The maximum Gasteiger partial charge on any atom is 0.258 e. The summed E-state index contributed by atoms with van der Waals surface area (Å²) in [6, 6.07) is 14.7. The van der Waals surface area contributed by atoms with Gasteiger partial charge in [0, 0.05) is 13.7 Å². The van der Waals surface area contributed by atoms with Crippen molar-refractivity contribution in [3.8, 4) is 17.2 Å². The Morgan fingerprint density at radius 1 is 1.00 bits per heavy atom. The Hall–Kier alpha value is -2.73. The topological polar surface area (TPSA) is 66.0 Å². The van der Waals surface area contributed by atoms with Crippen LogP contribution in [0.15, 0.2) is 48.5 Å². The van der Waals surface area contributed by atoms with Crippen molar-refractivity contribution in [1.82, 2.24) is 5.32 Å². The van der Waals surface area contributed by atoms with Gasteiger partial charge in [-0.1, -0.05) is 12.1 Å². The molecule has 2 aromatic rings. The van der Waals surface area contributed by atoms with Crippen LogP contribution in [-0.2, 0) is 9.53 Å². The molecule has 2 aromatic carbocycles. The van der Waals surface area contributed by atoms with Gasteiger partial charge in [0.2, 0.25) is 0 Å². The predicted octanol–water partition coefficient (Wildman–Crippen LogP) is 2.98. The fraction of sp³-hybridized carbons (Fsp3) is 0.350. The second-order valence-electron chi connectivity index (χ2n) is 5.50. The number of amides is 1. The normalized spacial score (nSPS) is 11.5. The SMILES string of the molecule is CCOc1ccc(OCC(=O)NCC(OC)c2cccc(OC)c2)cc1. The first kappa shape index (κ1) is 19.6. The number of carbonyl (C=O) groups excluding carboxylic acids is 1. The standard InChI is InChI=1S/C20H25NO5/c1-4-25-16-8-10-17(11-9-16)26-14-20(22)21-13-19(24-3)15-6-5-7-18(12-15)23-2/h5-12,19H,4,13-14H2,1-3H3,(H,21,22). The van der Waals surface area contributed by atoms with Gasteiger partial charge in [0.25, 0.3) is 5.91 Å². The molecule has 0 saturated carbocycles. The molecule has 0 aliphatic carbocycles. The minimum atomic E-state index is -0.264. The van der Waals surface area contributed by atoms with Gasteiger partial charge in [0.05, 0.1) is 19.8 Å². The number of hydrogen-bond donors (Lipinski definition) is 1. The zero-order valence-electron chi connectivity index (χ0n) is 15.4. The second-order valence-corrected chi connectivity index (χ2v) is 5.50. The van der Waals surface area contributed by atoms with Gasteiger partial charge < -0.3 is 24.3 Å². The fourth-order valence-corrected chi connectivity index (χ4v) is 2.38. The zero-order chi connectivity index (χ0) is 18.8. The molecule has 1 N–H and O–H groups in total. The molecule has 0 aliphatic rings. The molecule has 2 rings (SSSR count). The maximum atomic E-state index is 12.0. The third-order valence-electron chi connectivity index (χ3n) is 3.74. The van der Waals surface area contributed by atoms with Crippen LogP contribution in [0.25, 0.3) is 0 Å². The summed E-state index contributed by atoms with van der Waals surface area (Å²) in [7, 11) is 3.22. The van der Waals surface area contributed by atoms with E-state index in [9.17, 15) is 4.79 Å². The van der Waals surface area contributed by atoms with Gasteiger partial charge in [-0.2, -0.15) is 0 Å². The van der Waals surface area contributed by atoms with Crippen LogP contribution in [0.4, 0.5) is 0 Å². The number of hydrogen-bond acceptors (Lipinski definition) is 5. The summed E-state index contributed by atoms with van der Waals surface area (Å²) in [4.78, 5) is 12.0. The van der Waals surface area contributed by atoms with Crippen LogP contribution in [-0.4, -0.2) is 39.9 Å². The zero-order valence-corrected chi connectivity index (χ0v) is 15.4. The average molecular weight is 359 g/mol. The Labute approximate surface area is 154 Å². The van der Waals surface area contributed by atoms with E-state index < -0.39 is 0 Å². The molecule has 0 fully saturated rings. The molecule has 0 aromatic heterocycles. The summed E-state index contributed by atoms with van der Waals surface area (Å²) in [6.45, 7) is 2.81. The van der Waals surface area contributed by atoms with E-state index in [1.807, 2.05) is 31.2 Å². The highest BCUT2D eigenvalue weighted by molar-refractivity contribution is 5.77. The van der Waals surface area contributed by atoms with Gasteiger partial charge in [-0.3, -0.25) is 4.79 Å². The highest BCUT2D eigenvalue weighted by Gasteiger charge is 2.13. The molecule has 0 heterocycles. The van der Waals surface area contributed by atoms with E-state index in [0.717, 1.165) is 17.1 Å². The molecule has 1 unspecified atom stereocenters. The van der Waals surface area contributed by atoms with Crippen LogP contribution in [0.5, 0.6) is 17.2 Å². The molecule has 0 aliphatic heterocycles. The highest BCUT2D eigenvalue weighted by atomic mass is 16.5. The van der Waals surface area contributed by atoms with Crippen molar-refractivity contribution < 1.29 is 23.7 Å². The quantitative estimate of drug-likeness (QED) is 0.706. The number of methoxy groups -OCH3 is 2. The van der Waals surface area contributed by atoms with Crippen molar-refractivity contribution in [2.75, 3.05) is 34.0 Å². The lowest BCUT2D eigenvalue weighted by atomic mass is 10.1. The molecular formula is C20H25NO5. The van der Waals surface area contributed by atoms with Gasteiger partial charge in [-0.15, -0.1) is 0 Å². The lowest BCUT2D eigenvalue weighted by Crippen LogP contribution is -2.33. The molecule has 0 spiro atoms. The Morgan fingerprint density at radius 3 is 2.31 bits per heavy atom. The van der Waals surface area contributed by atoms with Crippen LogP contribution < -0.4 is 19.5 Å². The van der Waals surface area contributed by atoms with Crippen LogP contribution >= 0.6 is 0 Å². The highest BCUT2D eigenvalue weighted by Crippen LogP contribution is 2.21. The predicted molar refractivity (Wildman–Crippen MR) is 98.9 cm³/mol. The van der Waals surface area contributed by atoms with E-state index in [-0.39, 0.29) is 18.6 Å². The third-order valence-corrected chi connectivity index (χ3v) is 3.74. The number of carbonyl (C=O) groups is 1. The summed E-state index contributed by atoms with van der Waals surface area (Å²) >= 11 is 0. The number of ether oxygens (including phenoxy) is 4. The fourth-order valence-electron chi connectivity index (χ4n) is 2.38. The first-order chi connectivity index (χ1) is 12.7. The number of rotatable bonds is 10. The second kappa shape index (κ2) is 10.3. The minimum Gasteiger partial charge on any atom is -0.497 e. The van der Waals surface area contributed by atoms with Crippen molar-refractivity contribution in [2.24, 2.45) is 0 Å². The molecule has 26 heavy (non-hydrogen) atoms. The largest absolute Gasteiger partial charge is 0.497 e. The van der Waals surface area contributed by atoms with Crippen molar-refractivity contribution in [2.45, 2.75) is 13.0 Å². The van der Waals surface area contributed by atoms with Crippen LogP contribution in [0.3, 0.4) is 0 Å². The van der Waals surface area contributed by atoms with E-state index in [4.69, 9.17) is 18.9 Å². The first-order valence-electron chi connectivity index (χ1n) is 8.45. The Morgan fingerprint density at radius 2 is 1.69 bits per heavy atom. The molecule has 6 nitrogen and oxygen atoms in total. The van der Waals surface area contributed by atoms with Crippen molar-refractivity contribution in [3.05, 3.63) is 54.1 Å². The van der Waals surface area contributed by atoms with Crippen molar-refractivity contribution in [3.63, 3.8) is 0 Å². The summed E-state index contributed by atoms with van der Waals surface area (Å²) in [6.07, 6.45) is -0.264. The van der Waals surface area contributed by atoms with E-state index in [0.29, 0.717) is 18.9 Å². The first-order valence-corrected chi connectivity index (χ1v) is 8.45. The minimum absolute atomic E-state index is 0.0669. The molecule has 0 radical (unpaired) electrons. The number of nitrogens with one attached hydrogen (secondary N) is 1. The van der Waals surface area contributed by atoms with Crippen LogP contribution in [0, 0.1) is 0 Å². The lowest BCUT2D eigenvalue weighted by molar-refractivity contribution is -0.123. The molecule has 1 atom stereocenters. The van der Waals surface area contributed by atoms with Gasteiger partial charge in [-0.25, -0.2) is 0 Å². The summed E-state index contributed by atoms with van der Waals surface area (Å²) < 4.78 is 21.5. The van der Waals surface area contributed by atoms with Crippen molar-refractivity contribution >= 4 is 5.91 Å². The average Bonchev–Trinajstić information content (AvgIpc) is 2.68. The van der Waals surface area contributed by atoms with E-state index in [1.165, 1.54) is 0 Å². The molecule has 0 saturated heterocycles. The Bertz CT molecular complexity index is 687. The van der Waals surface area contributed by atoms with Crippen molar-refractivity contribution in [1.29, 1.82) is 0 Å². The molecular weight excluding hydrogens is 334 g/mol. The van der Waals surface area contributed by atoms with Gasteiger partial charge in [0.1, 0.15) is 17.2 Å².